The van der Waals surface area contributed by atoms with E-state index >= 15 is 0 Å². The molecule has 32 heavy (non-hydrogen) atoms. The maximum atomic E-state index is 12.0. The Labute approximate surface area is 187 Å². The zero-order valence-corrected chi connectivity index (χ0v) is 18.0. The van der Waals surface area contributed by atoms with Gasteiger partial charge in [0.2, 0.25) is 0 Å². The second kappa shape index (κ2) is 11.3. The fraction of sp³-hybridized carbons (Fsp3) is 0.160. The number of amides is 2. The molecule has 0 heterocycles. The Bertz CT molecular complexity index is 1080. The minimum Gasteiger partial charge on any atom is -0.490 e. The molecule has 3 aromatic rings. The lowest BCUT2D eigenvalue weighted by Crippen LogP contribution is -2.32. The highest BCUT2D eigenvalue weighted by atomic mass is 16.5. The van der Waals surface area contributed by atoms with E-state index in [2.05, 4.69) is 15.8 Å². The van der Waals surface area contributed by atoms with Gasteiger partial charge in [-0.15, -0.1) is 0 Å². The van der Waals surface area contributed by atoms with E-state index in [1.54, 1.807) is 30.3 Å². The maximum Gasteiger partial charge on any atom is 0.329 e. The quantitative estimate of drug-likeness (QED) is 0.320. The highest BCUT2D eigenvalue weighted by Gasteiger charge is 2.13. The van der Waals surface area contributed by atoms with Gasteiger partial charge in [0, 0.05) is 5.69 Å². The first-order valence-electron chi connectivity index (χ1n) is 10.2. The first kappa shape index (κ1) is 22.6. The van der Waals surface area contributed by atoms with Crippen molar-refractivity contribution in [2.75, 3.05) is 11.9 Å². The molecule has 0 radical (unpaired) electrons. The number of hydrogen-bond acceptors (Lipinski definition) is 5. The second-order valence-electron chi connectivity index (χ2n) is 6.93. The van der Waals surface area contributed by atoms with E-state index in [1.807, 2.05) is 56.3 Å². The number of carbonyl (C=O) groups is 2. The summed E-state index contributed by atoms with van der Waals surface area (Å²) in [6, 6.07) is 22.3. The van der Waals surface area contributed by atoms with Gasteiger partial charge in [-0.05, 0) is 55.3 Å². The van der Waals surface area contributed by atoms with Gasteiger partial charge in [0.05, 0.1) is 12.8 Å². The van der Waals surface area contributed by atoms with E-state index in [1.165, 1.54) is 6.21 Å². The lowest BCUT2D eigenvalue weighted by atomic mass is 10.2. The van der Waals surface area contributed by atoms with Crippen molar-refractivity contribution in [3.05, 3.63) is 89.5 Å². The van der Waals surface area contributed by atoms with Gasteiger partial charge in [-0.25, -0.2) is 5.43 Å². The van der Waals surface area contributed by atoms with E-state index in [0.717, 1.165) is 11.1 Å². The molecule has 0 spiro atoms. The summed E-state index contributed by atoms with van der Waals surface area (Å²) in [6.07, 6.45) is 1.43. The predicted octanol–water partition coefficient (Wildman–Crippen LogP) is 4.06. The number of benzene rings is 3. The van der Waals surface area contributed by atoms with Crippen LogP contribution in [0, 0.1) is 6.92 Å². The number of anilines is 1. The molecule has 0 unspecified atom stereocenters. The van der Waals surface area contributed by atoms with Crippen LogP contribution in [0.5, 0.6) is 11.5 Å². The summed E-state index contributed by atoms with van der Waals surface area (Å²) in [4.78, 5) is 23.9. The summed E-state index contributed by atoms with van der Waals surface area (Å²) in [5.41, 5.74) is 5.54. The van der Waals surface area contributed by atoms with E-state index in [-0.39, 0.29) is 0 Å². The molecule has 3 rings (SSSR count). The molecular formula is C25H25N3O4. The maximum absolute atomic E-state index is 12.0. The fourth-order valence-electron chi connectivity index (χ4n) is 2.77. The predicted molar refractivity (Wildman–Crippen MR) is 124 cm³/mol. The van der Waals surface area contributed by atoms with Crippen LogP contribution in [0.25, 0.3) is 0 Å². The fourth-order valence-corrected chi connectivity index (χ4v) is 2.77. The molecule has 0 aliphatic heterocycles. The summed E-state index contributed by atoms with van der Waals surface area (Å²) in [5.74, 6) is -0.495. The Balaban J connectivity index is 1.58. The van der Waals surface area contributed by atoms with Crippen LogP contribution in [0.15, 0.2) is 77.9 Å². The molecule has 7 heteroatoms. The number of hydrogen-bond donors (Lipinski definition) is 2. The molecule has 0 aliphatic rings. The average Bonchev–Trinajstić information content (AvgIpc) is 2.81. The zero-order chi connectivity index (χ0) is 22.8. The smallest absolute Gasteiger partial charge is 0.329 e. The van der Waals surface area contributed by atoms with E-state index in [4.69, 9.17) is 9.47 Å². The number of hydrazone groups is 1. The van der Waals surface area contributed by atoms with Crippen molar-refractivity contribution >= 4 is 23.7 Å². The molecule has 0 bridgehead atoms. The first-order chi connectivity index (χ1) is 15.5. The number of nitrogens with zero attached hydrogens (tertiary/aromatic N) is 1. The minimum absolute atomic E-state index is 0.417. The lowest BCUT2D eigenvalue weighted by molar-refractivity contribution is -0.136. The van der Waals surface area contributed by atoms with Crippen LogP contribution in [-0.4, -0.2) is 24.6 Å². The number of carbonyl (C=O) groups excluding carboxylic acids is 2. The van der Waals surface area contributed by atoms with Gasteiger partial charge >= 0.3 is 11.8 Å². The average molecular weight is 431 g/mol. The monoisotopic (exact) mass is 431 g/mol. The molecule has 0 aliphatic carbocycles. The third kappa shape index (κ3) is 6.70. The van der Waals surface area contributed by atoms with Crippen LogP contribution in [0.1, 0.15) is 23.6 Å². The summed E-state index contributed by atoms with van der Waals surface area (Å²) in [6.45, 7) is 4.71. The molecule has 2 amide bonds. The van der Waals surface area contributed by atoms with Crippen LogP contribution in [-0.2, 0) is 16.2 Å². The summed E-state index contributed by atoms with van der Waals surface area (Å²) >= 11 is 0. The van der Waals surface area contributed by atoms with Crippen LogP contribution in [0.3, 0.4) is 0 Å². The zero-order valence-electron chi connectivity index (χ0n) is 18.0. The molecule has 2 N–H and O–H groups in total. The molecule has 3 aromatic carbocycles. The van der Waals surface area contributed by atoms with E-state index in [0.29, 0.717) is 36.0 Å². The molecule has 0 saturated carbocycles. The molecular weight excluding hydrogens is 406 g/mol. The summed E-state index contributed by atoms with van der Waals surface area (Å²) in [5, 5.41) is 6.38. The van der Waals surface area contributed by atoms with Crippen LogP contribution < -0.4 is 20.2 Å². The minimum atomic E-state index is -0.866. The van der Waals surface area contributed by atoms with Crippen molar-refractivity contribution in [2.45, 2.75) is 20.5 Å². The van der Waals surface area contributed by atoms with Gasteiger partial charge in [0.25, 0.3) is 0 Å². The van der Waals surface area contributed by atoms with Crippen molar-refractivity contribution in [3.63, 3.8) is 0 Å². The van der Waals surface area contributed by atoms with Gasteiger partial charge in [-0.1, -0.05) is 48.0 Å². The third-order valence-corrected chi connectivity index (χ3v) is 4.40. The number of aryl methyl sites for hydroxylation is 1. The lowest BCUT2D eigenvalue weighted by Gasteiger charge is -2.12. The van der Waals surface area contributed by atoms with Crippen molar-refractivity contribution in [1.29, 1.82) is 0 Å². The molecule has 0 saturated heterocycles. The van der Waals surface area contributed by atoms with Crippen molar-refractivity contribution in [2.24, 2.45) is 5.10 Å². The first-order valence-corrected chi connectivity index (χ1v) is 10.2. The molecule has 0 fully saturated rings. The van der Waals surface area contributed by atoms with Gasteiger partial charge in [0.1, 0.15) is 6.61 Å². The Kier molecular flexibility index (Phi) is 7.97. The van der Waals surface area contributed by atoms with E-state index in [9.17, 15) is 9.59 Å². The van der Waals surface area contributed by atoms with Gasteiger partial charge < -0.3 is 14.8 Å². The third-order valence-electron chi connectivity index (χ3n) is 4.40. The van der Waals surface area contributed by atoms with Crippen molar-refractivity contribution in [1.82, 2.24) is 5.43 Å². The van der Waals surface area contributed by atoms with Gasteiger partial charge in [0.15, 0.2) is 11.5 Å². The van der Waals surface area contributed by atoms with Gasteiger partial charge in [-0.2, -0.15) is 5.10 Å². The highest BCUT2D eigenvalue weighted by Crippen LogP contribution is 2.28. The molecule has 0 atom stereocenters. The Morgan fingerprint density at radius 2 is 1.66 bits per heavy atom. The highest BCUT2D eigenvalue weighted by molar-refractivity contribution is 6.39. The number of rotatable bonds is 8. The Morgan fingerprint density at radius 1 is 0.906 bits per heavy atom. The standard InChI is InChI=1S/C25H25N3O4/c1-3-31-23-15-20(11-14-22(23)32-17-19-7-5-4-6-8-19)16-26-28-25(30)24(29)27-21-12-9-18(2)10-13-21/h4-16H,3,17H2,1-2H3,(H,27,29)(H,28,30)/b26-16+. The van der Waals surface area contributed by atoms with Crippen LogP contribution >= 0.6 is 0 Å². The molecule has 0 aromatic heterocycles. The topological polar surface area (TPSA) is 89.0 Å². The van der Waals surface area contributed by atoms with Crippen LogP contribution in [0.4, 0.5) is 5.69 Å². The Hall–Kier alpha value is -4.13. The summed E-state index contributed by atoms with van der Waals surface area (Å²) in [7, 11) is 0. The van der Waals surface area contributed by atoms with E-state index < -0.39 is 11.8 Å². The largest absolute Gasteiger partial charge is 0.490 e. The number of ether oxygens (including phenoxy) is 2. The number of nitrogens with one attached hydrogen (secondary N) is 2. The van der Waals surface area contributed by atoms with Crippen molar-refractivity contribution in [3.8, 4) is 11.5 Å². The molecule has 7 nitrogen and oxygen atoms in total. The van der Waals surface area contributed by atoms with Gasteiger partial charge in [-0.3, -0.25) is 9.59 Å². The molecule has 164 valence electrons. The SMILES string of the molecule is CCOc1cc(/C=N/NC(=O)C(=O)Nc2ccc(C)cc2)ccc1OCc1ccccc1. The summed E-state index contributed by atoms with van der Waals surface area (Å²) < 4.78 is 11.5. The van der Waals surface area contributed by atoms with Crippen molar-refractivity contribution < 1.29 is 19.1 Å². The van der Waals surface area contributed by atoms with Crippen LogP contribution in [0.2, 0.25) is 0 Å². The normalized spacial score (nSPS) is 10.6. The Morgan fingerprint density at radius 3 is 2.38 bits per heavy atom. The second-order valence-corrected chi connectivity index (χ2v) is 6.93.